The number of hydrogen-bond donors (Lipinski definition) is 2. The van der Waals surface area contributed by atoms with Crippen molar-refractivity contribution in [3.8, 4) is 5.75 Å². The fraction of sp³-hybridized carbons (Fsp3) is 0.333. The molecule has 1 saturated heterocycles. The van der Waals surface area contributed by atoms with Crippen molar-refractivity contribution in [2.24, 2.45) is 0 Å². The number of ether oxygens (including phenoxy) is 2. The second-order valence-corrected chi connectivity index (χ2v) is 6.93. The highest BCUT2D eigenvalue weighted by Crippen LogP contribution is 2.13. The van der Waals surface area contributed by atoms with Crippen molar-refractivity contribution in [2.45, 2.75) is 13.0 Å². The summed E-state index contributed by atoms with van der Waals surface area (Å²) in [5.41, 5.74) is 2.98. The summed E-state index contributed by atoms with van der Waals surface area (Å²) in [7, 11) is 1.65. The molecule has 0 saturated carbocycles. The van der Waals surface area contributed by atoms with Gasteiger partial charge in [-0.1, -0.05) is 24.3 Å². The predicted molar refractivity (Wildman–Crippen MR) is 114 cm³/mol. The van der Waals surface area contributed by atoms with Gasteiger partial charge in [-0.15, -0.1) is 0 Å². The summed E-state index contributed by atoms with van der Waals surface area (Å²) >= 11 is 5.35. The molecule has 0 aromatic heterocycles. The SMILES string of the molecule is COc1ccc(CNC(=S)Nc2ccc(CC(=O)N3CCOCC3)cc2)cc1. The summed E-state index contributed by atoms with van der Waals surface area (Å²) in [4.78, 5) is 14.2. The molecule has 0 unspecified atom stereocenters. The quantitative estimate of drug-likeness (QED) is 0.728. The van der Waals surface area contributed by atoms with Crippen LogP contribution in [0.1, 0.15) is 11.1 Å². The third-order valence-corrected chi connectivity index (χ3v) is 4.79. The van der Waals surface area contributed by atoms with Crippen LogP contribution in [0.5, 0.6) is 5.75 Å². The van der Waals surface area contributed by atoms with Crippen molar-refractivity contribution in [3.63, 3.8) is 0 Å². The van der Waals surface area contributed by atoms with Crippen LogP contribution in [-0.4, -0.2) is 49.3 Å². The minimum atomic E-state index is 0.140. The van der Waals surface area contributed by atoms with E-state index in [2.05, 4.69) is 10.6 Å². The van der Waals surface area contributed by atoms with E-state index in [0.717, 1.165) is 22.6 Å². The van der Waals surface area contributed by atoms with Gasteiger partial charge in [0.1, 0.15) is 5.75 Å². The molecule has 148 valence electrons. The Hall–Kier alpha value is -2.64. The minimum Gasteiger partial charge on any atom is -0.497 e. The lowest BCUT2D eigenvalue weighted by molar-refractivity contribution is -0.134. The lowest BCUT2D eigenvalue weighted by Crippen LogP contribution is -2.41. The van der Waals surface area contributed by atoms with Gasteiger partial charge in [-0.2, -0.15) is 0 Å². The number of carbonyl (C=O) groups excluding carboxylic acids is 1. The molecule has 1 fully saturated rings. The summed E-state index contributed by atoms with van der Waals surface area (Å²) in [5, 5.41) is 6.89. The molecule has 2 aromatic carbocycles. The van der Waals surface area contributed by atoms with Crippen molar-refractivity contribution in [1.82, 2.24) is 10.2 Å². The molecule has 1 aliphatic rings. The molecule has 0 aliphatic carbocycles. The van der Waals surface area contributed by atoms with Crippen LogP contribution in [0.4, 0.5) is 5.69 Å². The summed E-state index contributed by atoms with van der Waals surface area (Å²) in [5.74, 6) is 0.970. The van der Waals surface area contributed by atoms with Crippen LogP contribution >= 0.6 is 12.2 Å². The van der Waals surface area contributed by atoms with Gasteiger partial charge in [-0.05, 0) is 47.6 Å². The summed E-state index contributed by atoms with van der Waals surface area (Å²) < 4.78 is 10.4. The Labute approximate surface area is 170 Å². The topological polar surface area (TPSA) is 62.8 Å². The van der Waals surface area contributed by atoms with Crippen LogP contribution < -0.4 is 15.4 Å². The molecule has 2 aromatic rings. The summed E-state index contributed by atoms with van der Waals surface area (Å²) in [6.07, 6.45) is 0.403. The van der Waals surface area contributed by atoms with Crippen LogP contribution in [0.2, 0.25) is 0 Å². The Balaban J connectivity index is 1.45. The van der Waals surface area contributed by atoms with Crippen LogP contribution in [0, 0.1) is 0 Å². The Morgan fingerprint density at radius 3 is 2.36 bits per heavy atom. The first kappa shape index (κ1) is 20.1. The number of anilines is 1. The maximum absolute atomic E-state index is 12.3. The van der Waals surface area contributed by atoms with Crippen molar-refractivity contribution in [1.29, 1.82) is 0 Å². The molecule has 6 nitrogen and oxygen atoms in total. The number of methoxy groups -OCH3 is 1. The van der Waals surface area contributed by atoms with Gasteiger partial charge >= 0.3 is 0 Å². The molecular formula is C21H25N3O3S. The van der Waals surface area contributed by atoms with E-state index in [1.165, 1.54) is 0 Å². The molecule has 1 aliphatic heterocycles. The standard InChI is InChI=1S/C21H25N3O3S/c1-26-19-8-4-17(5-9-19)15-22-21(28)23-18-6-2-16(3-7-18)14-20(25)24-10-12-27-13-11-24/h2-9H,10-15H2,1H3,(H2,22,23,28). The first-order valence-corrected chi connectivity index (χ1v) is 9.67. The lowest BCUT2D eigenvalue weighted by Gasteiger charge is -2.26. The van der Waals surface area contributed by atoms with E-state index < -0.39 is 0 Å². The number of nitrogens with one attached hydrogen (secondary N) is 2. The van der Waals surface area contributed by atoms with Gasteiger partial charge in [0.05, 0.1) is 26.7 Å². The molecule has 1 heterocycles. The third-order valence-electron chi connectivity index (χ3n) is 4.54. The maximum atomic E-state index is 12.3. The fourth-order valence-corrected chi connectivity index (χ4v) is 3.10. The van der Waals surface area contributed by atoms with Crippen molar-refractivity contribution in [3.05, 3.63) is 59.7 Å². The van der Waals surface area contributed by atoms with Crippen LogP contribution in [0.3, 0.4) is 0 Å². The Kier molecular flexibility index (Phi) is 7.22. The number of hydrogen-bond acceptors (Lipinski definition) is 4. The van der Waals surface area contributed by atoms with Gasteiger partial charge in [0.2, 0.25) is 5.91 Å². The molecular weight excluding hydrogens is 374 g/mol. The number of nitrogens with zero attached hydrogens (tertiary/aromatic N) is 1. The minimum absolute atomic E-state index is 0.140. The van der Waals surface area contributed by atoms with Crippen LogP contribution in [-0.2, 0) is 22.5 Å². The Morgan fingerprint density at radius 1 is 1.07 bits per heavy atom. The monoisotopic (exact) mass is 399 g/mol. The highest BCUT2D eigenvalue weighted by molar-refractivity contribution is 7.80. The second kappa shape index (κ2) is 10.1. The van der Waals surface area contributed by atoms with Gasteiger partial charge < -0.3 is 25.0 Å². The zero-order chi connectivity index (χ0) is 19.8. The van der Waals surface area contributed by atoms with E-state index in [4.69, 9.17) is 21.7 Å². The predicted octanol–water partition coefficient (Wildman–Crippen LogP) is 2.58. The zero-order valence-electron chi connectivity index (χ0n) is 15.9. The molecule has 1 amide bonds. The first-order valence-electron chi connectivity index (χ1n) is 9.26. The number of thiocarbonyl (C=S) groups is 1. The summed E-state index contributed by atoms with van der Waals surface area (Å²) in [6.45, 7) is 3.21. The van der Waals surface area contributed by atoms with E-state index in [1.807, 2.05) is 53.4 Å². The highest BCUT2D eigenvalue weighted by Gasteiger charge is 2.16. The largest absolute Gasteiger partial charge is 0.497 e. The third kappa shape index (κ3) is 5.94. The van der Waals surface area contributed by atoms with E-state index in [0.29, 0.717) is 44.4 Å². The van der Waals surface area contributed by atoms with Crippen molar-refractivity contribution < 1.29 is 14.3 Å². The molecule has 0 atom stereocenters. The molecule has 0 bridgehead atoms. The van der Waals surface area contributed by atoms with Crippen molar-refractivity contribution >= 4 is 28.9 Å². The smallest absolute Gasteiger partial charge is 0.227 e. The van der Waals surface area contributed by atoms with Crippen LogP contribution in [0.15, 0.2) is 48.5 Å². The molecule has 0 radical (unpaired) electrons. The summed E-state index contributed by atoms with van der Waals surface area (Å²) in [6, 6.07) is 15.6. The molecule has 0 spiro atoms. The average Bonchev–Trinajstić information content (AvgIpc) is 2.74. The number of benzene rings is 2. The second-order valence-electron chi connectivity index (χ2n) is 6.52. The van der Waals surface area contributed by atoms with E-state index in [1.54, 1.807) is 7.11 Å². The molecule has 2 N–H and O–H groups in total. The maximum Gasteiger partial charge on any atom is 0.227 e. The lowest BCUT2D eigenvalue weighted by atomic mass is 10.1. The molecule has 3 rings (SSSR count). The van der Waals surface area contributed by atoms with Crippen LogP contribution in [0.25, 0.3) is 0 Å². The van der Waals surface area contributed by atoms with E-state index in [9.17, 15) is 4.79 Å². The van der Waals surface area contributed by atoms with E-state index >= 15 is 0 Å². The van der Waals surface area contributed by atoms with Crippen molar-refractivity contribution in [2.75, 3.05) is 38.7 Å². The number of morpholine rings is 1. The Morgan fingerprint density at radius 2 is 1.71 bits per heavy atom. The van der Waals surface area contributed by atoms with Gasteiger partial charge in [-0.25, -0.2) is 0 Å². The first-order chi connectivity index (χ1) is 13.6. The average molecular weight is 400 g/mol. The normalized spacial score (nSPS) is 13.7. The number of carbonyl (C=O) groups is 1. The zero-order valence-corrected chi connectivity index (χ0v) is 16.8. The molecule has 7 heteroatoms. The van der Waals surface area contributed by atoms with E-state index in [-0.39, 0.29) is 5.91 Å². The number of amides is 1. The molecule has 28 heavy (non-hydrogen) atoms. The number of rotatable bonds is 6. The fourth-order valence-electron chi connectivity index (χ4n) is 2.91. The van der Waals surface area contributed by atoms with Gasteiger partial charge in [0.15, 0.2) is 5.11 Å². The van der Waals surface area contributed by atoms with Gasteiger partial charge in [-0.3, -0.25) is 4.79 Å². The van der Waals surface area contributed by atoms with Gasteiger partial charge in [0, 0.05) is 25.3 Å². The Bertz CT molecular complexity index is 788. The highest BCUT2D eigenvalue weighted by atomic mass is 32.1. The van der Waals surface area contributed by atoms with Gasteiger partial charge in [0.25, 0.3) is 0 Å².